The molecule has 4 rings (SSSR count). The van der Waals surface area contributed by atoms with Crippen molar-refractivity contribution in [3.8, 4) is 0 Å². The monoisotopic (exact) mass is 339 g/mol. The highest BCUT2D eigenvalue weighted by Crippen LogP contribution is 2.40. The molecule has 25 heavy (non-hydrogen) atoms. The number of nitrogens with one attached hydrogen (secondary N) is 1. The van der Waals surface area contributed by atoms with Crippen molar-refractivity contribution in [2.45, 2.75) is 31.9 Å². The van der Waals surface area contributed by atoms with Crippen molar-refractivity contribution in [1.82, 2.24) is 10.3 Å². The Morgan fingerprint density at radius 3 is 2.72 bits per heavy atom. The molecule has 2 aromatic rings. The predicted molar refractivity (Wildman–Crippen MR) is 98.6 cm³/mol. The van der Waals surface area contributed by atoms with Crippen LogP contribution >= 0.6 is 0 Å². The first-order valence-corrected chi connectivity index (χ1v) is 9.04. The summed E-state index contributed by atoms with van der Waals surface area (Å²) in [4.78, 5) is 18.5. The Balaban J connectivity index is 1.57. The number of methoxy groups -OCH3 is 1. The molecule has 1 amide bonds. The lowest BCUT2D eigenvalue weighted by molar-refractivity contribution is -0.121. The van der Waals surface area contributed by atoms with E-state index in [2.05, 4.69) is 39.5 Å². The number of ether oxygens (including phenoxy) is 1. The Labute approximate surface area is 148 Å². The summed E-state index contributed by atoms with van der Waals surface area (Å²) in [5.74, 6) is 1.23. The van der Waals surface area contributed by atoms with Crippen molar-refractivity contribution >= 4 is 22.5 Å². The fourth-order valence-electron chi connectivity index (χ4n) is 4.64. The lowest BCUT2D eigenvalue weighted by Gasteiger charge is -2.37. The van der Waals surface area contributed by atoms with E-state index in [0.29, 0.717) is 11.8 Å². The normalized spacial score (nSPS) is 28.8. The summed E-state index contributed by atoms with van der Waals surface area (Å²) in [5, 5.41) is 4.30. The molecule has 2 fully saturated rings. The summed E-state index contributed by atoms with van der Waals surface area (Å²) >= 11 is 0. The highest BCUT2D eigenvalue weighted by atomic mass is 16.5. The van der Waals surface area contributed by atoms with Gasteiger partial charge in [0.05, 0.1) is 17.7 Å². The molecular weight excluding hydrogens is 314 g/mol. The van der Waals surface area contributed by atoms with Crippen LogP contribution in [0.3, 0.4) is 0 Å². The molecule has 5 heteroatoms. The molecule has 0 spiro atoms. The van der Waals surface area contributed by atoms with E-state index in [1.165, 1.54) is 11.1 Å². The molecule has 1 aromatic heterocycles. The number of fused-ring (bicyclic) bond motifs is 2. The lowest BCUT2D eigenvalue weighted by Crippen LogP contribution is -2.49. The highest BCUT2D eigenvalue weighted by Gasteiger charge is 2.43. The molecular formula is C20H25N3O2. The molecule has 2 aliphatic rings. The minimum atomic E-state index is 0.0282. The number of carbonyl (C=O) groups is 1. The van der Waals surface area contributed by atoms with Crippen molar-refractivity contribution in [3.05, 3.63) is 36.5 Å². The van der Waals surface area contributed by atoms with Gasteiger partial charge in [0.15, 0.2) is 0 Å². The summed E-state index contributed by atoms with van der Waals surface area (Å²) in [6.45, 7) is 3.67. The molecule has 0 bridgehead atoms. The third kappa shape index (κ3) is 3.09. The minimum absolute atomic E-state index is 0.0282. The smallest absolute Gasteiger partial charge is 0.217 e. The van der Waals surface area contributed by atoms with E-state index in [4.69, 9.17) is 4.74 Å². The number of benzene rings is 1. The van der Waals surface area contributed by atoms with Crippen molar-refractivity contribution in [2.24, 2.45) is 11.8 Å². The summed E-state index contributed by atoms with van der Waals surface area (Å²) in [6.07, 6.45) is 4.00. The van der Waals surface area contributed by atoms with Crippen molar-refractivity contribution < 1.29 is 9.53 Å². The van der Waals surface area contributed by atoms with Gasteiger partial charge in [0.1, 0.15) is 0 Å². The van der Waals surface area contributed by atoms with Gasteiger partial charge in [-0.3, -0.25) is 9.78 Å². The van der Waals surface area contributed by atoms with Crippen molar-refractivity contribution in [3.63, 3.8) is 0 Å². The van der Waals surface area contributed by atoms with Crippen LogP contribution in [0.2, 0.25) is 0 Å². The zero-order chi connectivity index (χ0) is 17.4. The average molecular weight is 339 g/mol. The maximum atomic E-state index is 11.5. The molecule has 1 aromatic carbocycles. The van der Waals surface area contributed by atoms with Gasteiger partial charge in [-0.15, -0.1) is 0 Å². The number of hydrogen-bond donors (Lipinski definition) is 1. The fraction of sp³-hybridized carbons (Fsp3) is 0.500. The van der Waals surface area contributed by atoms with Crippen LogP contribution in [0.4, 0.5) is 5.69 Å². The van der Waals surface area contributed by atoms with Crippen molar-refractivity contribution in [1.29, 1.82) is 0 Å². The second-order valence-corrected chi connectivity index (χ2v) is 7.32. The quantitative estimate of drug-likeness (QED) is 0.934. The van der Waals surface area contributed by atoms with Crippen LogP contribution in [-0.4, -0.2) is 43.2 Å². The minimum Gasteiger partial charge on any atom is -0.379 e. The number of anilines is 1. The molecule has 132 valence electrons. The summed E-state index contributed by atoms with van der Waals surface area (Å²) in [7, 11) is 1.75. The molecule has 2 heterocycles. The van der Waals surface area contributed by atoms with Crippen LogP contribution in [0.5, 0.6) is 0 Å². The molecule has 1 N–H and O–H groups in total. The van der Waals surface area contributed by atoms with E-state index in [9.17, 15) is 4.79 Å². The molecule has 0 unspecified atom stereocenters. The first-order valence-electron chi connectivity index (χ1n) is 9.04. The maximum absolute atomic E-state index is 11.5. The molecule has 0 radical (unpaired) electrons. The summed E-state index contributed by atoms with van der Waals surface area (Å²) in [6, 6.07) is 10.6. The van der Waals surface area contributed by atoms with Gasteiger partial charge in [-0.25, -0.2) is 0 Å². The number of rotatable bonds is 3. The molecule has 1 saturated heterocycles. The third-order valence-electron chi connectivity index (χ3n) is 5.78. The second kappa shape index (κ2) is 6.64. The van der Waals surface area contributed by atoms with Crippen LogP contribution in [0.1, 0.15) is 19.8 Å². The Morgan fingerprint density at radius 2 is 1.96 bits per heavy atom. The van der Waals surface area contributed by atoms with Gasteiger partial charge in [-0.2, -0.15) is 0 Å². The summed E-state index contributed by atoms with van der Waals surface area (Å²) < 4.78 is 5.68. The van der Waals surface area contributed by atoms with Gasteiger partial charge < -0.3 is 15.0 Å². The Kier molecular flexibility index (Phi) is 4.34. The zero-order valence-electron chi connectivity index (χ0n) is 14.8. The Hall–Kier alpha value is -2.14. The molecule has 1 saturated carbocycles. The molecule has 4 atom stereocenters. The van der Waals surface area contributed by atoms with Gasteiger partial charge in [0.25, 0.3) is 0 Å². The van der Waals surface area contributed by atoms with E-state index in [1.807, 2.05) is 12.3 Å². The zero-order valence-corrected chi connectivity index (χ0v) is 14.8. The maximum Gasteiger partial charge on any atom is 0.217 e. The number of para-hydroxylation sites is 1. The van der Waals surface area contributed by atoms with Gasteiger partial charge in [-0.05, 0) is 36.8 Å². The lowest BCUT2D eigenvalue weighted by atomic mass is 9.77. The Bertz CT molecular complexity index is 773. The average Bonchev–Trinajstić information content (AvgIpc) is 3.02. The van der Waals surface area contributed by atoms with Crippen LogP contribution in [0.25, 0.3) is 10.9 Å². The van der Waals surface area contributed by atoms with E-state index in [-0.39, 0.29) is 18.1 Å². The fourth-order valence-corrected chi connectivity index (χ4v) is 4.64. The largest absolute Gasteiger partial charge is 0.379 e. The van der Waals surface area contributed by atoms with E-state index in [1.54, 1.807) is 14.0 Å². The van der Waals surface area contributed by atoms with Crippen LogP contribution < -0.4 is 10.2 Å². The van der Waals surface area contributed by atoms with Crippen LogP contribution in [-0.2, 0) is 9.53 Å². The van der Waals surface area contributed by atoms with Gasteiger partial charge in [0, 0.05) is 44.4 Å². The Morgan fingerprint density at radius 1 is 1.20 bits per heavy atom. The highest BCUT2D eigenvalue weighted by molar-refractivity contribution is 5.91. The SMILES string of the molecule is CO[C@@H]1C[C@H]2CN(c3ccnc4ccccc34)C[C@H]2C[C@H]1NC(C)=O. The third-order valence-corrected chi connectivity index (χ3v) is 5.78. The second-order valence-electron chi connectivity index (χ2n) is 7.32. The van der Waals surface area contributed by atoms with Crippen molar-refractivity contribution in [2.75, 3.05) is 25.1 Å². The van der Waals surface area contributed by atoms with Gasteiger partial charge >= 0.3 is 0 Å². The first-order chi connectivity index (χ1) is 12.2. The van der Waals surface area contributed by atoms with Gasteiger partial charge in [0.2, 0.25) is 5.91 Å². The van der Waals surface area contributed by atoms with Crippen LogP contribution in [0.15, 0.2) is 36.5 Å². The molecule has 1 aliphatic heterocycles. The van der Waals surface area contributed by atoms with Gasteiger partial charge in [-0.1, -0.05) is 18.2 Å². The van der Waals surface area contributed by atoms with E-state index < -0.39 is 0 Å². The number of carbonyl (C=O) groups excluding carboxylic acids is 1. The standard InChI is InChI=1S/C20H25N3O2/c1-13(24)22-18-9-14-11-23(12-15(14)10-20(18)25-2)19-7-8-21-17-6-4-3-5-16(17)19/h3-8,14-15,18,20H,9-12H2,1-2H3,(H,22,24)/t14-,15+,18-,20-/m1/s1. The number of aromatic nitrogens is 1. The number of nitrogens with zero attached hydrogens (tertiary/aromatic N) is 2. The topological polar surface area (TPSA) is 54.5 Å². The first kappa shape index (κ1) is 16.3. The molecule has 1 aliphatic carbocycles. The summed E-state index contributed by atoms with van der Waals surface area (Å²) in [5.41, 5.74) is 2.31. The molecule has 5 nitrogen and oxygen atoms in total. The number of hydrogen-bond acceptors (Lipinski definition) is 4. The number of pyridine rings is 1. The van der Waals surface area contributed by atoms with Crippen LogP contribution in [0, 0.1) is 11.8 Å². The predicted octanol–water partition coefficient (Wildman–Crippen LogP) is 2.60. The van der Waals surface area contributed by atoms with E-state index >= 15 is 0 Å². The van der Waals surface area contributed by atoms with E-state index in [0.717, 1.165) is 31.4 Å². The number of amides is 1.